The van der Waals surface area contributed by atoms with Crippen LogP contribution >= 0.6 is 0 Å². The molecule has 1 heterocycles. The summed E-state index contributed by atoms with van der Waals surface area (Å²) < 4.78 is 10.3. The van der Waals surface area contributed by atoms with Crippen LogP contribution in [0.15, 0.2) is 34.7 Å². The van der Waals surface area contributed by atoms with Crippen molar-refractivity contribution in [3.63, 3.8) is 0 Å². The van der Waals surface area contributed by atoms with E-state index in [9.17, 15) is 9.59 Å². The first-order valence-electron chi connectivity index (χ1n) is 6.90. The highest BCUT2D eigenvalue weighted by atomic mass is 16.5. The van der Waals surface area contributed by atoms with Crippen molar-refractivity contribution in [2.45, 2.75) is 18.9 Å². The van der Waals surface area contributed by atoms with Crippen molar-refractivity contribution in [2.24, 2.45) is 0 Å². The lowest BCUT2D eigenvalue weighted by molar-refractivity contribution is 0.0659. The highest BCUT2D eigenvalue weighted by Gasteiger charge is 2.27. The van der Waals surface area contributed by atoms with Gasteiger partial charge in [0.1, 0.15) is 5.75 Å². The van der Waals surface area contributed by atoms with Gasteiger partial charge >= 0.3 is 5.97 Å². The van der Waals surface area contributed by atoms with Crippen LogP contribution in [-0.4, -0.2) is 24.1 Å². The minimum Gasteiger partial charge on any atom is -0.496 e. The number of aromatic carboxylic acids is 1. The maximum Gasteiger partial charge on any atom is 0.371 e. The summed E-state index contributed by atoms with van der Waals surface area (Å²) in [5, 5.41) is 11.7. The molecule has 1 aromatic carbocycles. The Balaban J connectivity index is 1.78. The largest absolute Gasteiger partial charge is 0.496 e. The zero-order valence-electron chi connectivity index (χ0n) is 12.0. The lowest BCUT2D eigenvalue weighted by Gasteiger charge is -2.13. The summed E-state index contributed by atoms with van der Waals surface area (Å²) in [7, 11) is 1.62. The number of fused-ring (bicyclic) bond motifs is 1. The van der Waals surface area contributed by atoms with Crippen LogP contribution < -0.4 is 10.1 Å². The molecule has 1 atom stereocenters. The van der Waals surface area contributed by atoms with E-state index in [-0.39, 0.29) is 17.6 Å². The molecule has 0 saturated carbocycles. The predicted molar refractivity (Wildman–Crippen MR) is 77.2 cm³/mol. The van der Waals surface area contributed by atoms with E-state index in [1.165, 1.54) is 12.1 Å². The fourth-order valence-corrected chi connectivity index (χ4v) is 2.77. The third kappa shape index (κ3) is 2.43. The van der Waals surface area contributed by atoms with Gasteiger partial charge in [-0.05, 0) is 42.2 Å². The summed E-state index contributed by atoms with van der Waals surface area (Å²) in [6.45, 7) is 0. The van der Waals surface area contributed by atoms with Gasteiger partial charge in [-0.15, -0.1) is 0 Å². The molecule has 2 N–H and O–H groups in total. The van der Waals surface area contributed by atoms with E-state index in [0.29, 0.717) is 0 Å². The first kappa shape index (κ1) is 14.2. The van der Waals surface area contributed by atoms with Crippen LogP contribution in [0.25, 0.3) is 0 Å². The molecule has 6 nitrogen and oxygen atoms in total. The molecule has 0 aliphatic heterocycles. The highest BCUT2D eigenvalue weighted by molar-refractivity contribution is 5.93. The van der Waals surface area contributed by atoms with Crippen molar-refractivity contribution >= 4 is 11.9 Å². The Morgan fingerprint density at radius 1 is 1.27 bits per heavy atom. The number of nitrogens with one attached hydrogen (secondary N) is 1. The Bertz CT molecular complexity index is 734. The molecule has 114 valence electrons. The van der Waals surface area contributed by atoms with Crippen LogP contribution in [0.1, 0.15) is 44.7 Å². The van der Waals surface area contributed by atoms with Crippen LogP contribution in [-0.2, 0) is 6.42 Å². The molecule has 1 aliphatic carbocycles. The number of ether oxygens (including phenoxy) is 1. The molecule has 1 unspecified atom stereocenters. The van der Waals surface area contributed by atoms with Crippen molar-refractivity contribution < 1.29 is 23.8 Å². The number of rotatable bonds is 4. The lowest BCUT2D eigenvalue weighted by Crippen LogP contribution is -2.26. The molecule has 0 fully saturated rings. The predicted octanol–water partition coefficient (Wildman–Crippen LogP) is 2.40. The normalized spacial score (nSPS) is 16.1. The van der Waals surface area contributed by atoms with E-state index in [1.807, 2.05) is 18.2 Å². The van der Waals surface area contributed by atoms with Gasteiger partial charge in [0.15, 0.2) is 5.76 Å². The summed E-state index contributed by atoms with van der Waals surface area (Å²) >= 11 is 0. The Hall–Kier alpha value is -2.76. The smallest absolute Gasteiger partial charge is 0.371 e. The molecular weight excluding hydrogens is 286 g/mol. The van der Waals surface area contributed by atoms with E-state index in [1.54, 1.807) is 7.11 Å². The zero-order valence-corrected chi connectivity index (χ0v) is 12.0. The SMILES string of the molecule is COc1cccc2c1CCC2NC(=O)c1ccc(C(=O)O)o1. The summed E-state index contributed by atoms with van der Waals surface area (Å²) in [6, 6.07) is 8.24. The van der Waals surface area contributed by atoms with E-state index in [2.05, 4.69) is 5.32 Å². The molecule has 0 bridgehead atoms. The minimum absolute atomic E-state index is 0.00579. The van der Waals surface area contributed by atoms with Crippen LogP contribution in [0.2, 0.25) is 0 Å². The van der Waals surface area contributed by atoms with Crippen LogP contribution in [0.4, 0.5) is 0 Å². The number of carboxylic acid groups (broad SMARTS) is 1. The molecule has 0 spiro atoms. The number of hydrogen-bond donors (Lipinski definition) is 2. The number of methoxy groups -OCH3 is 1. The molecule has 1 amide bonds. The standard InChI is InChI=1S/C16H15NO5/c1-21-12-4-2-3-9-10(12)5-6-11(9)17-15(18)13-7-8-14(22-13)16(19)20/h2-4,7-8,11H,5-6H2,1H3,(H,17,18)(H,19,20). The van der Waals surface area contributed by atoms with Gasteiger partial charge in [-0.1, -0.05) is 12.1 Å². The monoisotopic (exact) mass is 301 g/mol. The summed E-state index contributed by atoms with van der Waals surface area (Å²) in [5.41, 5.74) is 2.12. The molecule has 22 heavy (non-hydrogen) atoms. The third-order valence-corrected chi connectivity index (χ3v) is 3.79. The van der Waals surface area contributed by atoms with Crippen LogP contribution in [0.5, 0.6) is 5.75 Å². The number of carbonyl (C=O) groups excluding carboxylic acids is 1. The minimum atomic E-state index is -1.20. The fourth-order valence-electron chi connectivity index (χ4n) is 2.77. The molecule has 1 aliphatic rings. The molecule has 1 aromatic heterocycles. The maximum absolute atomic E-state index is 12.2. The quantitative estimate of drug-likeness (QED) is 0.905. The molecule has 0 saturated heterocycles. The van der Waals surface area contributed by atoms with Crippen molar-refractivity contribution in [3.05, 3.63) is 53.0 Å². The van der Waals surface area contributed by atoms with Crippen LogP contribution in [0, 0.1) is 0 Å². The number of amides is 1. The highest BCUT2D eigenvalue weighted by Crippen LogP contribution is 2.36. The summed E-state index contributed by atoms with van der Waals surface area (Å²) in [6.07, 6.45) is 1.59. The van der Waals surface area contributed by atoms with Crippen molar-refractivity contribution in [1.82, 2.24) is 5.32 Å². The fraction of sp³-hybridized carbons (Fsp3) is 0.250. The Labute approximate surface area is 126 Å². The summed E-state index contributed by atoms with van der Waals surface area (Å²) in [4.78, 5) is 22.9. The Kier molecular flexibility index (Phi) is 3.58. The van der Waals surface area contributed by atoms with Gasteiger partial charge < -0.3 is 19.6 Å². The number of furan rings is 1. The first-order valence-corrected chi connectivity index (χ1v) is 6.90. The Morgan fingerprint density at radius 2 is 2.05 bits per heavy atom. The van der Waals surface area contributed by atoms with Gasteiger partial charge in [-0.2, -0.15) is 0 Å². The summed E-state index contributed by atoms with van der Waals surface area (Å²) in [5.74, 6) is -1.06. The molecule has 2 aromatic rings. The first-order chi connectivity index (χ1) is 10.6. The third-order valence-electron chi connectivity index (χ3n) is 3.79. The molecule has 6 heteroatoms. The second kappa shape index (κ2) is 5.55. The van der Waals surface area contributed by atoms with E-state index >= 15 is 0 Å². The van der Waals surface area contributed by atoms with Crippen molar-refractivity contribution in [2.75, 3.05) is 7.11 Å². The van der Waals surface area contributed by atoms with E-state index in [4.69, 9.17) is 14.3 Å². The van der Waals surface area contributed by atoms with Gasteiger partial charge in [0.25, 0.3) is 5.91 Å². The molecule has 3 rings (SSSR count). The van der Waals surface area contributed by atoms with Crippen molar-refractivity contribution in [1.29, 1.82) is 0 Å². The van der Waals surface area contributed by atoms with Gasteiger partial charge in [-0.3, -0.25) is 4.79 Å². The maximum atomic E-state index is 12.2. The van der Waals surface area contributed by atoms with Gasteiger partial charge in [0, 0.05) is 0 Å². The van der Waals surface area contributed by atoms with Crippen molar-refractivity contribution in [3.8, 4) is 5.75 Å². The van der Waals surface area contributed by atoms with E-state index in [0.717, 1.165) is 29.7 Å². The second-order valence-electron chi connectivity index (χ2n) is 5.06. The second-order valence-corrected chi connectivity index (χ2v) is 5.06. The molecular formula is C16H15NO5. The van der Waals surface area contributed by atoms with E-state index < -0.39 is 11.9 Å². The topological polar surface area (TPSA) is 88.8 Å². The van der Waals surface area contributed by atoms with Gasteiger partial charge in [0.05, 0.1) is 13.2 Å². The zero-order chi connectivity index (χ0) is 15.7. The number of hydrogen-bond acceptors (Lipinski definition) is 4. The Morgan fingerprint density at radius 3 is 2.73 bits per heavy atom. The van der Waals surface area contributed by atoms with Crippen LogP contribution in [0.3, 0.4) is 0 Å². The number of carbonyl (C=O) groups is 2. The van der Waals surface area contributed by atoms with Gasteiger partial charge in [0.2, 0.25) is 5.76 Å². The molecule has 0 radical (unpaired) electrons. The van der Waals surface area contributed by atoms with Gasteiger partial charge in [-0.25, -0.2) is 4.79 Å². The average molecular weight is 301 g/mol. The average Bonchev–Trinajstić information content (AvgIpc) is 3.14. The lowest BCUT2D eigenvalue weighted by atomic mass is 10.1. The number of benzene rings is 1. The number of carboxylic acids is 1.